The summed E-state index contributed by atoms with van der Waals surface area (Å²) in [5, 5.41) is 2.71. The van der Waals surface area contributed by atoms with Crippen molar-refractivity contribution in [2.75, 3.05) is 11.9 Å². The number of benzene rings is 1. The minimum atomic E-state index is -1.36. The number of rotatable bonds is 4. The summed E-state index contributed by atoms with van der Waals surface area (Å²) in [6, 6.07) is 4.61. The summed E-state index contributed by atoms with van der Waals surface area (Å²) in [7, 11) is 0. The van der Waals surface area contributed by atoms with Crippen LogP contribution >= 0.6 is 15.9 Å². The Balaban J connectivity index is 2.18. The van der Waals surface area contributed by atoms with E-state index in [0.29, 0.717) is 4.47 Å². The van der Waals surface area contributed by atoms with Gasteiger partial charge < -0.3 is 19.5 Å². The summed E-state index contributed by atoms with van der Waals surface area (Å²) < 4.78 is 15.3. The van der Waals surface area contributed by atoms with Crippen LogP contribution < -0.4 is 16.2 Å². The van der Waals surface area contributed by atoms with Crippen LogP contribution in [0.15, 0.2) is 34.4 Å². The molecule has 10 nitrogen and oxygen atoms in total. The van der Waals surface area contributed by atoms with Crippen molar-refractivity contribution in [3.8, 4) is 0 Å². The number of hydrogen-bond acceptors (Lipinski definition) is 8. The normalized spacial score (nSPS) is 15.1. The lowest BCUT2D eigenvalue weighted by Gasteiger charge is -2.29. The highest BCUT2D eigenvalue weighted by Gasteiger charge is 2.39. The van der Waals surface area contributed by atoms with E-state index in [0.717, 1.165) is 6.20 Å². The average Bonchev–Trinajstić information content (AvgIpc) is 2.58. The fraction of sp³-hybridized carbons (Fsp3) is 0.294. The second kappa shape index (κ2) is 8.74. The zero-order valence-electron chi connectivity index (χ0n) is 15.3. The van der Waals surface area contributed by atoms with E-state index < -0.39 is 29.7 Å². The van der Waals surface area contributed by atoms with E-state index in [9.17, 15) is 19.2 Å². The summed E-state index contributed by atoms with van der Waals surface area (Å²) in [6.07, 6.45) is 0.261. The van der Waals surface area contributed by atoms with Crippen LogP contribution in [0.2, 0.25) is 0 Å². The number of anilines is 1. The van der Waals surface area contributed by atoms with Crippen molar-refractivity contribution in [1.29, 1.82) is 0 Å². The van der Waals surface area contributed by atoms with Gasteiger partial charge in [0.25, 0.3) is 11.7 Å². The first-order valence-electron chi connectivity index (χ1n) is 8.09. The number of hydrazine groups is 1. The van der Waals surface area contributed by atoms with Gasteiger partial charge in [-0.15, -0.1) is 0 Å². The minimum absolute atomic E-state index is 0.120. The third-order valence-corrected chi connectivity index (χ3v) is 3.76. The van der Waals surface area contributed by atoms with Crippen molar-refractivity contribution in [2.24, 2.45) is 0 Å². The Morgan fingerprint density at radius 2 is 1.82 bits per heavy atom. The van der Waals surface area contributed by atoms with E-state index in [-0.39, 0.29) is 23.4 Å². The maximum atomic E-state index is 12.3. The number of nitrogens with one attached hydrogen (secondary N) is 3. The van der Waals surface area contributed by atoms with Crippen LogP contribution in [0.4, 0.5) is 10.5 Å². The molecule has 1 aromatic carbocycles. The molecule has 0 radical (unpaired) electrons. The average molecular weight is 456 g/mol. The molecule has 0 aliphatic carbocycles. The molecule has 0 saturated carbocycles. The highest BCUT2D eigenvalue weighted by Crippen LogP contribution is 2.25. The molecule has 150 valence electrons. The van der Waals surface area contributed by atoms with Gasteiger partial charge >= 0.3 is 18.0 Å². The summed E-state index contributed by atoms with van der Waals surface area (Å²) in [5.74, 6) is -3.74. The third-order valence-electron chi connectivity index (χ3n) is 3.27. The molecule has 1 aromatic rings. The summed E-state index contributed by atoms with van der Waals surface area (Å²) >= 11 is 3.27. The highest BCUT2D eigenvalue weighted by molar-refractivity contribution is 9.10. The predicted molar refractivity (Wildman–Crippen MR) is 99.7 cm³/mol. The van der Waals surface area contributed by atoms with Crippen molar-refractivity contribution in [3.63, 3.8) is 0 Å². The van der Waals surface area contributed by atoms with E-state index in [1.165, 1.54) is 19.9 Å². The second-order valence-electron chi connectivity index (χ2n) is 5.87. The standard InChI is InChI=1S/C17H18BrN3O7/c1-4-26-16(25)21-20-13(22)10-6-5-9(18)7-12(10)19-8-11-14(23)27-17(2,3)28-15(11)24/h5-8,19H,4H2,1-3H3,(H,20,22)(H,21,25). The highest BCUT2D eigenvalue weighted by atomic mass is 79.9. The predicted octanol–water partition coefficient (Wildman–Crippen LogP) is 1.97. The monoisotopic (exact) mass is 455 g/mol. The molecular weight excluding hydrogens is 438 g/mol. The molecule has 11 heteroatoms. The number of cyclic esters (lactones) is 2. The molecule has 1 saturated heterocycles. The SMILES string of the molecule is CCOC(=O)NNC(=O)c1ccc(Br)cc1NC=C1C(=O)OC(C)(C)OC1=O. The van der Waals surface area contributed by atoms with Gasteiger partial charge in [0.2, 0.25) is 0 Å². The van der Waals surface area contributed by atoms with Gasteiger partial charge in [0.05, 0.1) is 17.9 Å². The Bertz CT molecular complexity index is 829. The number of halogens is 1. The van der Waals surface area contributed by atoms with Gasteiger partial charge in [-0.1, -0.05) is 15.9 Å². The number of amides is 2. The van der Waals surface area contributed by atoms with Gasteiger partial charge in [-0.3, -0.25) is 10.2 Å². The number of carbonyl (C=O) groups is 4. The van der Waals surface area contributed by atoms with Crippen LogP contribution in [0.3, 0.4) is 0 Å². The van der Waals surface area contributed by atoms with E-state index in [4.69, 9.17) is 9.47 Å². The largest absolute Gasteiger partial charge is 0.449 e. The van der Waals surface area contributed by atoms with Gasteiger partial charge in [0.15, 0.2) is 5.57 Å². The Morgan fingerprint density at radius 3 is 2.43 bits per heavy atom. The van der Waals surface area contributed by atoms with Crippen molar-refractivity contribution in [2.45, 2.75) is 26.6 Å². The third kappa shape index (κ3) is 5.46. The number of ether oxygens (including phenoxy) is 3. The maximum absolute atomic E-state index is 12.3. The van der Waals surface area contributed by atoms with E-state index >= 15 is 0 Å². The molecule has 1 fully saturated rings. The van der Waals surface area contributed by atoms with Crippen LogP contribution in [-0.4, -0.2) is 36.3 Å². The first-order chi connectivity index (χ1) is 13.1. The molecule has 1 aliphatic heterocycles. The lowest BCUT2D eigenvalue weighted by molar-refractivity contribution is -0.222. The molecule has 2 rings (SSSR count). The van der Waals surface area contributed by atoms with Gasteiger partial charge in [-0.25, -0.2) is 19.8 Å². The van der Waals surface area contributed by atoms with Crippen molar-refractivity contribution in [1.82, 2.24) is 10.9 Å². The quantitative estimate of drug-likeness (QED) is 0.271. The number of carbonyl (C=O) groups excluding carboxylic acids is 4. The van der Waals surface area contributed by atoms with Crippen LogP contribution in [0, 0.1) is 0 Å². The molecular formula is C17H18BrN3O7. The Kier molecular flexibility index (Phi) is 6.62. The summed E-state index contributed by atoms with van der Waals surface area (Å²) in [5.41, 5.74) is 4.28. The van der Waals surface area contributed by atoms with Crippen LogP contribution in [-0.2, 0) is 23.8 Å². The molecule has 28 heavy (non-hydrogen) atoms. The Hall–Kier alpha value is -3.08. The van der Waals surface area contributed by atoms with Gasteiger partial charge in [0, 0.05) is 24.5 Å². The summed E-state index contributed by atoms with van der Waals surface area (Å²) in [4.78, 5) is 47.6. The molecule has 0 unspecified atom stereocenters. The van der Waals surface area contributed by atoms with Crippen molar-refractivity contribution < 1.29 is 33.4 Å². The zero-order chi connectivity index (χ0) is 20.9. The first kappa shape index (κ1) is 21.2. The van der Waals surface area contributed by atoms with Crippen LogP contribution in [0.1, 0.15) is 31.1 Å². The number of esters is 2. The molecule has 1 heterocycles. The van der Waals surface area contributed by atoms with Gasteiger partial charge in [0.1, 0.15) is 0 Å². The Labute approximate surface area is 168 Å². The summed E-state index contributed by atoms with van der Waals surface area (Å²) in [6.45, 7) is 4.62. The minimum Gasteiger partial charge on any atom is -0.449 e. The van der Waals surface area contributed by atoms with E-state index in [2.05, 4.69) is 36.8 Å². The van der Waals surface area contributed by atoms with E-state index in [1.54, 1.807) is 19.1 Å². The molecule has 0 spiro atoms. The van der Waals surface area contributed by atoms with Gasteiger partial charge in [-0.05, 0) is 25.1 Å². The lowest BCUT2D eigenvalue weighted by atomic mass is 10.1. The van der Waals surface area contributed by atoms with Crippen molar-refractivity contribution >= 4 is 45.6 Å². The molecule has 2 amide bonds. The molecule has 0 atom stereocenters. The van der Waals surface area contributed by atoms with Crippen LogP contribution in [0.5, 0.6) is 0 Å². The molecule has 0 aromatic heterocycles. The first-order valence-corrected chi connectivity index (χ1v) is 8.88. The number of hydrogen-bond donors (Lipinski definition) is 3. The fourth-order valence-electron chi connectivity index (χ4n) is 2.10. The topological polar surface area (TPSA) is 132 Å². The smallest absolute Gasteiger partial charge is 0.426 e. The Morgan fingerprint density at radius 1 is 1.18 bits per heavy atom. The van der Waals surface area contributed by atoms with Crippen LogP contribution in [0.25, 0.3) is 0 Å². The fourth-order valence-corrected chi connectivity index (χ4v) is 2.47. The van der Waals surface area contributed by atoms with Crippen molar-refractivity contribution in [3.05, 3.63) is 40.0 Å². The lowest BCUT2D eigenvalue weighted by Crippen LogP contribution is -2.42. The maximum Gasteiger partial charge on any atom is 0.426 e. The van der Waals surface area contributed by atoms with E-state index in [1.807, 2.05) is 0 Å². The second-order valence-corrected chi connectivity index (χ2v) is 6.79. The molecule has 1 aliphatic rings. The van der Waals surface area contributed by atoms with Gasteiger partial charge in [-0.2, -0.15) is 0 Å². The zero-order valence-corrected chi connectivity index (χ0v) is 16.8. The molecule has 0 bridgehead atoms. The molecule has 3 N–H and O–H groups in total.